The molecule has 7 aliphatic rings. The molecule has 5 aliphatic carbocycles. The summed E-state index contributed by atoms with van der Waals surface area (Å²) < 4.78 is 12.9. The molecule has 0 aromatic heterocycles. The smallest absolute Gasteiger partial charge is 0.152 e. The summed E-state index contributed by atoms with van der Waals surface area (Å²) in [5.74, 6) is 5.19. The minimum Gasteiger partial charge on any atom is -0.370 e. The van der Waals surface area contributed by atoms with Crippen LogP contribution in [0.3, 0.4) is 0 Å². The molecule has 0 aromatic carbocycles. The minimum absolute atomic E-state index is 0.193. The van der Waals surface area contributed by atoms with E-state index in [2.05, 4.69) is 34.6 Å². The van der Waals surface area contributed by atoms with Crippen molar-refractivity contribution in [2.75, 3.05) is 0 Å². The highest BCUT2D eigenvalue weighted by Crippen LogP contribution is 2.84. The molecule has 12 atom stereocenters. The van der Waals surface area contributed by atoms with E-state index in [0.29, 0.717) is 27.9 Å². The standard InChI is InChI=1S/C29H47O3P/c1-25(2)12-15-29-16-28(29)14-13-27(5)20-10-9-19-17(7-11-22(32-33-30)26(19,3)4)18(20)6-8-21(27)23(28)24(25)31-29/h17-24,30,33H,6-16H2,1-5H3. The van der Waals surface area contributed by atoms with E-state index in [1.807, 2.05) is 0 Å². The molecule has 7 fully saturated rings. The largest absolute Gasteiger partial charge is 0.370 e. The zero-order chi connectivity index (χ0) is 23.0. The third-order valence-electron chi connectivity index (χ3n) is 13.8. The van der Waals surface area contributed by atoms with Gasteiger partial charge in [0.15, 0.2) is 9.03 Å². The fourth-order valence-electron chi connectivity index (χ4n) is 12.1. The van der Waals surface area contributed by atoms with Gasteiger partial charge in [-0.2, -0.15) is 0 Å². The first-order valence-corrected chi connectivity index (χ1v) is 15.2. The van der Waals surface area contributed by atoms with Crippen LogP contribution >= 0.6 is 9.03 Å². The van der Waals surface area contributed by atoms with E-state index in [4.69, 9.17) is 9.26 Å². The SMILES string of the molecule is CC1(C)CCC23CC24CCC2(C)C5CCC6C(CCC(OPO)C6(C)C)C5CCC2C4C1O3. The van der Waals surface area contributed by atoms with Crippen LogP contribution < -0.4 is 0 Å². The molecule has 3 nitrogen and oxygen atoms in total. The highest BCUT2D eigenvalue weighted by Gasteiger charge is 2.84. The maximum absolute atomic E-state index is 9.49. The molecule has 0 amide bonds. The summed E-state index contributed by atoms with van der Waals surface area (Å²) >= 11 is 0. The Morgan fingerprint density at radius 1 is 0.788 bits per heavy atom. The molecule has 7 rings (SSSR count). The zero-order valence-corrected chi connectivity index (χ0v) is 22.7. The van der Waals surface area contributed by atoms with Gasteiger partial charge in [-0.1, -0.05) is 34.6 Å². The van der Waals surface area contributed by atoms with E-state index in [1.54, 1.807) is 0 Å². The lowest BCUT2D eigenvalue weighted by Crippen LogP contribution is -2.59. The Morgan fingerprint density at radius 3 is 2.27 bits per heavy atom. The Morgan fingerprint density at radius 2 is 1.48 bits per heavy atom. The van der Waals surface area contributed by atoms with Gasteiger partial charge in [-0.15, -0.1) is 0 Å². The van der Waals surface area contributed by atoms with Gasteiger partial charge < -0.3 is 14.2 Å². The van der Waals surface area contributed by atoms with Crippen LogP contribution in [0.4, 0.5) is 0 Å². The molecule has 2 saturated heterocycles. The molecule has 2 heterocycles. The average molecular weight is 475 g/mol. The third-order valence-corrected chi connectivity index (χ3v) is 14.2. The van der Waals surface area contributed by atoms with E-state index in [1.165, 1.54) is 64.2 Å². The van der Waals surface area contributed by atoms with Crippen molar-refractivity contribution >= 4 is 9.03 Å². The van der Waals surface area contributed by atoms with Crippen molar-refractivity contribution < 1.29 is 14.2 Å². The third kappa shape index (κ3) is 2.63. The molecular weight excluding hydrogens is 427 g/mol. The molecule has 0 aromatic rings. The van der Waals surface area contributed by atoms with Gasteiger partial charge in [-0.25, -0.2) is 0 Å². The topological polar surface area (TPSA) is 38.7 Å². The lowest BCUT2D eigenvalue weighted by Gasteiger charge is -2.64. The Bertz CT molecular complexity index is 841. The molecule has 0 radical (unpaired) electrons. The van der Waals surface area contributed by atoms with Crippen molar-refractivity contribution in [1.82, 2.24) is 0 Å². The second kappa shape index (κ2) is 6.79. The van der Waals surface area contributed by atoms with Gasteiger partial charge in [-0.3, -0.25) is 0 Å². The lowest BCUT2D eigenvalue weighted by atomic mass is 9.40. The Labute approximate surface area is 203 Å². The molecule has 2 spiro atoms. The summed E-state index contributed by atoms with van der Waals surface area (Å²) in [6.45, 7) is 12.7. The van der Waals surface area contributed by atoms with Crippen molar-refractivity contribution in [2.24, 2.45) is 57.2 Å². The summed E-state index contributed by atoms with van der Waals surface area (Å²) in [6.07, 6.45) is 16.0. The van der Waals surface area contributed by atoms with Crippen LogP contribution in [0.2, 0.25) is 0 Å². The Kier molecular flexibility index (Phi) is 4.63. The molecule has 5 saturated carbocycles. The van der Waals surface area contributed by atoms with E-state index < -0.39 is 0 Å². The van der Waals surface area contributed by atoms with Crippen LogP contribution in [-0.2, 0) is 9.26 Å². The summed E-state index contributed by atoms with van der Waals surface area (Å²) in [6, 6.07) is 0. The first-order chi connectivity index (χ1) is 15.6. The van der Waals surface area contributed by atoms with Crippen molar-refractivity contribution in [2.45, 2.75) is 123 Å². The molecule has 186 valence electrons. The predicted molar refractivity (Wildman–Crippen MR) is 133 cm³/mol. The number of hydrogen-bond acceptors (Lipinski definition) is 3. The van der Waals surface area contributed by atoms with E-state index in [-0.39, 0.29) is 20.6 Å². The van der Waals surface area contributed by atoms with Crippen LogP contribution in [-0.4, -0.2) is 22.7 Å². The molecule has 4 heteroatoms. The molecule has 12 unspecified atom stereocenters. The molecule has 2 aliphatic heterocycles. The summed E-state index contributed by atoms with van der Waals surface area (Å²) in [7, 11) is -0.363. The summed E-state index contributed by atoms with van der Waals surface area (Å²) in [5.41, 5.74) is 1.93. The van der Waals surface area contributed by atoms with E-state index >= 15 is 0 Å². The number of fused-ring (bicyclic) bond motifs is 8. The molecular formula is C29H47O3P. The molecule has 1 N–H and O–H groups in total. The van der Waals surface area contributed by atoms with E-state index in [0.717, 1.165) is 41.9 Å². The monoisotopic (exact) mass is 474 g/mol. The zero-order valence-electron chi connectivity index (χ0n) is 21.7. The highest BCUT2D eigenvalue weighted by atomic mass is 31.1. The Hall–Kier alpha value is 0.310. The number of hydrogen-bond donors (Lipinski definition) is 1. The molecule has 2 bridgehead atoms. The van der Waals surface area contributed by atoms with Crippen LogP contribution in [0, 0.1) is 57.2 Å². The normalized spacial score (nSPS) is 59.8. The van der Waals surface area contributed by atoms with Gasteiger partial charge in [0.2, 0.25) is 0 Å². The fourth-order valence-corrected chi connectivity index (χ4v) is 12.6. The number of rotatable bonds is 2. The quantitative estimate of drug-likeness (QED) is 0.433. The summed E-state index contributed by atoms with van der Waals surface area (Å²) in [4.78, 5) is 9.49. The van der Waals surface area contributed by atoms with E-state index in [9.17, 15) is 4.89 Å². The van der Waals surface area contributed by atoms with Gasteiger partial charge in [0, 0.05) is 5.41 Å². The van der Waals surface area contributed by atoms with Gasteiger partial charge >= 0.3 is 0 Å². The van der Waals surface area contributed by atoms with Crippen LogP contribution in [0.5, 0.6) is 0 Å². The second-order valence-electron chi connectivity index (χ2n) is 15.3. The fraction of sp³-hybridized carbons (Fsp3) is 1.00. The highest BCUT2D eigenvalue weighted by molar-refractivity contribution is 7.25. The van der Waals surface area contributed by atoms with Gasteiger partial charge in [0.25, 0.3) is 0 Å². The van der Waals surface area contributed by atoms with Crippen molar-refractivity contribution in [3.8, 4) is 0 Å². The van der Waals surface area contributed by atoms with Gasteiger partial charge in [0.1, 0.15) is 0 Å². The number of ether oxygens (including phenoxy) is 1. The minimum atomic E-state index is -0.363. The summed E-state index contributed by atoms with van der Waals surface area (Å²) in [5, 5.41) is 0. The maximum Gasteiger partial charge on any atom is 0.152 e. The van der Waals surface area contributed by atoms with Crippen LogP contribution in [0.25, 0.3) is 0 Å². The van der Waals surface area contributed by atoms with Crippen LogP contribution in [0.1, 0.15) is 105 Å². The maximum atomic E-state index is 9.49. The average Bonchev–Trinajstić information content (AvgIpc) is 3.31. The van der Waals surface area contributed by atoms with Crippen LogP contribution in [0.15, 0.2) is 0 Å². The first kappa shape index (κ1) is 22.5. The van der Waals surface area contributed by atoms with Gasteiger partial charge in [0.05, 0.1) is 17.8 Å². The molecule has 33 heavy (non-hydrogen) atoms. The Balaban J connectivity index is 1.19. The van der Waals surface area contributed by atoms with Crippen molar-refractivity contribution in [1.29, 1.82) is 0 Å². The lowest BCUT2D eigenvalue weighted by molar-refractivity contribution is -0.177. The second-order valence-corrected chi connectivity index (χ2v) is 15.7. The van der Waals surface area contributed by atoms with Crippen molar-refractivity contribution in [3.63, 3.8) is 0 Å². The predicted octanol–water partition coefficient (Wildman–Crippen LogP) is 7.13. The first-order valence-electron chi connectivity index (χ1n) is 14.3. The van der Waals surface area contributed by atoms with Crippen molar-refractivity contribution in [3.05, 3.63) is 0 Å². The van der Waals surface area contributed by atoms with Gasteiger partial charge in [-0.05, 0) is 122 Å².